The number of hydrogen-bond donors (Lipinski definition) is 2. The fraction of sp³-hybridized carbons (Fsp3) is 0.450. The molecule has 1 aromatic rings. The van der Waals surface area contributed by atoms with Crippen molar-refractivity contribution in [2.45, 2.75) is 31.8 Å². The van der Waals surface area contributed by atoms with E-state index in [9.17, 15) is 4.79 Å². The maximum atomic E-state index is 12.7. The Morgan fingerprint density at radius 3 is 2.64 bits per heavy atom. The zero-order chi connectivity index (χ0) is 20.1. The molecule has 0 bridgehead atoms. The summed E-state index contributed by atoms with van der Waals surface area (Å²) in [5.41, 5.74) is 13.0. The molecule has 2 aliphatic heterocycles. The van der Waals surface area contributed by atoms with E-state index in [-0.39, 0.29) is 11.2 Å². The minimum absolute atomic E-state index is 0.0670. The molecular formula is C20H27ClN4O3. The van der Waals surface area contributed by atoms with E-state index in [2.05, 4.69) is 4.90 Å². The Bertz CT molecular complexity index is 745. The number of rotatable bonds is 6. The molecule has 2 fully saturated rings. The Morgan fingerprint density at radius 2 is 2.04 bits per heavy atom. The topological polar surface area (TPSA) is 94.0 Å². The van der Waals surface area contributed by atoms with Gasteiger partial charge in [-0.1, -0.05) is 29.8 Å². The van der Waals surface area contributed by atoms with Gasteiger partial charge in [0.05, 0.1) is 30.9 Å². The summed E-state index contributed by atoms with van der Waals surface area (Å²) in [7, 11) is 0. The van der Waals surface area contributed by atoms with E-state index in [1.165, 1.54) is 5.06 Å². The molecule has 8 heteroatoms. The van der Waals surface area contributed by atoms with Gasteiger partial charge in [-0.3, -0.25) is 4.90 Å². The van der Waals surface area contributed by atoms with Crippen LogP contribution in [-0.4, -0.2) is 54.3 Å². The Kier molecular flexibility index (Phi) is 6.83. The second kappa shape index (κ2) is 9.32. The molecule has 4 N–H and O–H groups in total. The predicted molar refractivity (Wildman–Crippen MR) is 108 cm³/mol. The second-order valence-electron chi connectivity index (χ2n) is 7.15. The van der Waals surface area contributed by atoms with Crippen LogP contribution in [0.4, 0.5) is 0 Å². The maximum Gasteiger partial charge on any atom is 0.363 e. The Hall–Kier alpha value is -2.22. The number of carbonyl (C=O) groups is 1. The van der Waals surface area contributed by atoms with Gasteiger partial charge in [0.15, 0.2) is 0 Å². The number of halogens is 1. The van der Waals surface area contributed by atoms with Crippen molar-refractivity contribution in [3.8, 4) is 0 Å². The van der Waals surface area contributed by atoms with Crippen molar-refractivity contribution in [2.75, 3.05) is 26.3 Å². The SMILES string of the molecule is CC(/C=C(\N)N(OC(=O)c1ccccc1)[C@@H]1CCCN(C2COC2)C1)=C(/N)Cl. The van der Waals surface area contributed by atoms with Crippen molar-refractivity contribution < 1.29 is 14.4 Å². The van der Waals surface area contributed by atoms with Crippen molar-refractivity contribution in [1.29, 1.82) is 0 Å². The minimum Gasteiger partial charge on any atom is -0.389 e. The van der Waals surface area contributed by atoms with Crippen molar-refractivity contribution in [3.05, 3.63) is 58.5 Å². The van der Waals surface area contributed by atoms with Crippen molar-refractivity contribution in [2.24, 2.45) is 11.5 Å². The van der Waals surface area contributed by atoms with Crippen LogP contribution in [0, 0.1) is 0 Å². The molecule has 0 spiro atoms. The van der Waals surface area contributed by atoms with E-state index in [0.29, 0.717) is 23.0 Å². The molecular weight excluding hydrogens is 380 g/mol. The quantitative estimate of drug-likeness (QED) is 0.424. The summed E-state index contributed by atoms with van der Waals surface area (Å²) in [6.45, 7) is 4.98. The molecule has 1 atom stereocenters. The summed E-state index contributed by atoms with van der Waals surface area (Å²) in [6.07, 6.45) is 3.48. The van der Waals surface area contributed by atoms with E-state index in [1.807, 2.05) is 6.07 Å². The Labute approximate surface area is 170 Å². The summed E-state index contributed by atoms with van der Waals surface area (Å²) >= 11 is 5.86. The highest BCUT2D eigenvalue weighted by atomic mass is 35.5. The number of allylic oxidation sites excluding steroid dienone is 2. The third-order valence-electron chi connectivity index (χ3n) is 5.08. The molecule has 0 saturated carbocycles. The molecule has 7 nitrogen and oxygen atoms in total. The number of benzene rings is 1. The summed E-state index contributed by atoms with van der Waals surface area (Å²) in [4.78, 5) is 20.8. The highest BCUT2D eigenvalue weighted by molar-refractivity contribution is 6.29. The first-order valence-corrected chi connectivity index (χ1v) is 9.81. The molecule has 0 aliphatic carbocycles. The highest BCUT2D eigenvalue weighted by Gasteiger charge is 2.34. The van der Waals surface area contributed by atoms with Crippen LogP contribution in [0.3, 0.4) is 0 Å². The Balaban J connectivity index is 1.81. The molecule has 0 radical (unpaired) electrons. The van der Waals surface area contributed by atoms with E-state index in [0.717, 1.165) is 39.1 Å². The zero-order valence-corrected chi connectivity index (χ0v) is 16.8. The lowest BCUT2D eigenvalue weighted by atomic mass is 10.0. The molecule has 28 heavy (non-hydrogen) atoms. The molecule has 0 unspecified atom stereocenters. The number of nitrogens with zero attached hydrogens (tertiary/aromatic N) is 2. The lowest BCUT2D eigenvalue weighted by molar-refractivity contribution is -0.140. The van der Waals surface area contributed by atoms with Gasteiger partial charge in [0.2, 0.25) is 0 Å². The van der Waals surface area contributed by atoms with Crippen molar-refractivity contribution in [1.82, 2.24) is 9.96 Å². The van der Waals surface area contributed by atoms with Gasteiger partial charge in [-0.15, -0.1) is 0 Å². The van der Waals surface area contributed by atoms with Crippen molar-refractivity contribution >= 4 is 17.6 Å². The first-order valence-electron chi connectivity index (χ1n) is 9.43. The number of piperidine rings is 1. The lowest BCUT2D eigenvalue weighted by Gasteiger charge is -2.44. The number of carbonyl (C=O) groups excluding carboxylic acids is 1. The van der Waals surface area contributed by atoms with Crippen LogP contribution in [-0.2, 0) is 9.57 Å². The first-order chi connectivity index (χ1) is 13.5. The van der Waals surface area contributed by atoms with Gasteiger partial charge in [-0.25, -0.2) is 4.79 Å². The van der Waals surface area contributed by atoms with Crippen LogP contribution in [0.5, 0.6) is 0 Å². The van der Waals surface area contributed by atoms with E-state index in [1.54, 1.807) is 37.3 Å². The number of nitrogens with two attached hydrogens (primary N) is 2. The van der Waals surface area contributed by atoms with E-state index < -0.39 is 5.97 Å². The number of likely N-dealkylation sites (tertiary alicyclic amines) is 1. The van der Waals surface area contributed by atoms with Crippen LogP contribution >= 0.6 is 11.6 Å². The summed E-state index contributed by atoms with van der Waals surface area (Å²) < 4.78 is 5.32. The van der Waals surface area contributed by atoms with Gasteiger partial charge < -0.3 is 21.0 Å². The number of hydrogen-bond acceptors (Lipinski definition) is 7. The van der Waals surface area contributed by atoms with Crippen LogP contribution in [0.2, 0.25) is 0 Å². The fourth-order valence-electron chi connectivity index (χ4n) is 3.35. The minimum atomic E-state index is -0.457. The van der Waals surface area contributed by atoms with E-state index in [4.69, 9.17) is 32.6 Å². The van der Waals surface area contributed by atoms with Gasteiger partial charge in [0.25, 0.3) is 0 Å². The summed E-state index contributed by atoms with van der Waals surface area (Å²) in [6, 6.07) is 9.20. The molecule has 2 saturated heterocycles. The van der Waals surface area contributed by atoms with Gasteiger partial charge in [-0.2, -0.15) is 5.06 Å². The molecule has 3 rings (SSSR count). The molecule has 0 amide bonds. The monoisotopic (exact) mass is 406 g/mol. The third-order valence-corrected chi connectivity index (χ3v) is 5.38. The van der Waals surface area contributed by atoms with Gasteiger partial charge in [0.1, 0.15) is 11.0 Å². The smallest absolute Gasteiger partial charge is 0.363 e. The second-order valence-corrected chi connectivity index (χ2v) is 7.56. The molecule has 152 valence electrons. The normalized spacial score (nSPS) is 22.2. The fourth-order valence-corrected chi connectivity index (χ4v) is 3.40. The van der Waals surface area contributed by atoms with Crippen LogP contribution in [0.25, 0.3) is 0 Å². The predicted octanol–water partition coefficient (Wildman–Crippen LogP) is 2.15. The highest BCUT2D eigenvalue weighted by Crippen LogP contribution is 2.24. The van der Waals surface area contributed by atoms with E-state index >= 15 is 0 Å². The third kappa shape index (κ3) is 4.98. The number of ether oxygens (including phenoxy) is 1. The van der Waals surface area contributed by atoms with Gasteiger partial charge in [-0.05, 0) is 50.1 Å². The Morgan fingerprint density at radius 1 is 1.32 bits per heavy atom. The molecule has 0 aromatic heterocycles. The van der Waals surface area contributed by atoms with Crippen LogP contribution < -0.4 is 11.5 Å². The van der Waals surface area contributed by atoms with Gasteiger partial charge >= 0.3 is 5.97 Å². The van der Waals surface area contributed by atoms with Crippen LogP contribution in [0.1, 0.15) is 30.1 Å². The van der Waals surface area contributed by atoms with Crippen molar-refractivity contribution in [3.63, 3.8) is 0 Å². The summed E-state index contributed by atoms with van der Waals surface area (Å²) in [5.74, 6) is -0.163. The average Bonchev–Trinajstić information content (AvgIpc) is 2.65. The first kappa shape index (κ1) is 20.5. The average molecular weight is 407 g/mol. The maximum absolute atomic E-state index is 12.7. The molecule has 2 aliphatic rings. The molecule has 2 heterocycles. The number of hydroxylamine groups is 2. The largest absolute Gasteiger partial charge is 0.389 e. The van der Waals surface area contributed by atoms with Crippen LogP contribution in [0.15, 0.2) is 53.0 Å². The van der Waals surface area contributed by atoms with Gasteiger partial charge in [0, 0.05) is 6.54 Å². The molecule has 1 aromatic carbocycles. The standard InChI is InChI=1S/C20H27ClN4O3/c1-14(19(21)23)10-18(22)25(28-20(26)15-6-3-2-4-7-15)16-8-5-9-24(11-16)17-12-27-13-17/h2-4,6-7,10,16-17H,5,8-9,11-13,22-23H2,1H3/b18-10+,19-14-/t16-/m1/s1. The summed E-state index contributed by atoms with van der Waals surface area (Å²) in [5, 5.41) is 1.65. The zero-order valence-electron chi connectivity index (χ0n) is 16.0. The lowest BCUT2D eigenvalue weighted by Crippen LogP contribution is -2.57.